The molecule has 5 aliphatic carbocycles. The van der Waals surface area contributed by atoms with Crippen LogP contribution in [0.1, 0.15) is 112 Å². The molecule has 7 rings (SSSR count). The van der Waals surface area contributed by atoms with Crippen molar-refractivity contribution in [2.24, 2.45) is 50.2 Å². The van der Waals surface area contributed by atoms with Crippen LogP contribution in [0, 0.1) is 50.2 Å². The Kier molecular flexibility index (Phi) is 7.17. The van der Waals surface area contributed by atoms with E-state index in [0.717, 1.165) is 68.9 Å². The van der Waals surface area contributed by atoms with Gasteiger partial charge in [0.1, 0.15) is 5.82 Å². The monoisotopic (exact) mass is 619 g/mol. The molecule has 2 aromatic heterocycles. The van der Waals surface area contributed by atoms with Crippen molar-refractivity contribution in [1.82, 2.24) is 9.97 Å². The molecule has 1 amide bonds. The molecular formula is C41H53N3O2. The number of ketones is 1. The van der Waals surface area contributed by atoms with Crippen LogP contribution < -0.4 is 5.32 Å². The number of aromatic nitrogens is 2. The predicted molar refractivity (Wildman–Crippen MR) is 185 cm³/mol. The van der Waals surface area contributed by atoms with Gasteiger partial charge in [-0.05, 0) is 133 Å². The smallest absolute Gasteiger partial charge is 0.232 e. The molecule has 1 N–H and O–H groups in total. The summed E-state index contributed by atoms with van der Waals surface area (Å²) in [6.07, 6.45) is 19.2. The molecule has 5 nitrogen and oxygen atoms in total. The molecule has 0 spiro atoms. The average molecular weight is 620 g/mol. The van der Waals surface area contributed by atoms with Crippen molar-refractivity contribution in [2.75, 3.05) is 5.32 Å². The van der Waals surface area contributed by atoms with Crippen LogP contribution in [0.4, 0.5) is 5.82 Å². The van der Waals surface area contributed by atoms with Gasteiger partial charge in [-0.1, -0.05) is 72.2 Å². The van der Waals surface area contributed by atoms with Gasteiger partial charge in [-0.3, -0.25) is 14.6 Å². The topological polar surface area (TPSA) is 72.0 Å². The molecule has 0 unspecified atom stereocenters. The van der Waals surface area contributed by atoms with Crippen LogP contribution in [0.3, 0.4) is 0 Å². The number of anilines is 1. The molecule has 46 heavy (non-hydrogen) atoms. The van der Waals surface area contributed by atoms with Crippen molar-refractivity contribution in [2.45, 2.75) is 106 Å². The quantitative estimate of drug-likeness (QED) is 0.274. The number of amides is 1. The van der Waals surface area contributed by atoms with E-state index in [4.69, 9.17) is 0 Å². The Morgan fingerprint density at radius 1 is 0.913 bits per heavy atom. The number of pyridine rings is 2. The molecule has 2 aromatic rings. The van der Waals surface area contributed by atoms with Gasteiger partial charge in [0.05, 0.1) is 5.41 Å². The highest BCUT2D eigenvalue weighted by molar-refractivity contribution is 6.04. The highest BCUT2D eigenvalue weighted by Crippen LogP contribution is 2.75. The molecule has 0 aliphatic heterocycles. The van der Waals surface area contributed by atoms with Gasteiger partial charge in [0.25, 0.3) is 0 Å². The van der Waals surface area contributed by atoms with Gasteiger partial charge in [-0.25, -0.2) is 4.98 Å². The van der Waals surface area contributed by atoms with E-state index in [1.54, 1.807) is 18.0 Å². The standard InChI is InChI=1S/C41H53N3O2/c1-36(2)17-19-41(35(46)44-33-12-8-9-22-43-33)20-18-39(6)29(30(41)25-36)13-14-32-38(5)24-28(23-27-11-10-21-42-26-27)34(45)37(3,4)31(38)15-16-40(32,39)7/h8-13,21-23,26,30-32H,14-20,24-25H2,1-7H3,(H,43,44,46)/b28-23-/t30-,31+,32-,38+,39-,40-,41+/m1/s1. The average Bonchev–Trinajstić information content (AvgIpc) is 3.01. The van der Waals surface area contributed by atoms with Crippen molar-refractivity contribution in [1.29, 1.82) is 0 Å². The van der Waals surface area contributed by atoms with Crippen LogP contribution in [0.25, 0.3) is 6.08 Å². The van der Waals surface area contributed by atoms with E-state index < -0.39 is 10.8 Å². The number of hydrogen-bond donors (Lipinski definition) is 1. The van der Waals surface area contributed by atoms with E-state index in [-0.39, 0.29) is 33.5 Å². The van der Waals surface area contributed by atoms with Crippen LogP contribution >= 0.6 is 0 Å². The minimum absolute atomic E-state index is 0.000216. The van der Waals surface area contributed by atoms with Crippen LogP contribution in [0.2, 0.25) is 0 Å². The van der Waals surface area contributed by atoms with Gasteiger partial charge in [-0.15, -0.1) is 0 Å². The second kappa shape index (κ2) is 10.5. The second-order valence-electron chi connectivity index (χ2n) is 17.7. The maximum atomic E-state index is 14.4. The lowest BCUT2D eigenvalue weighted by atomic mass is 9.33. The first-order valence-corrected chi connectivity index (χ1v) is 17.7. The molecule has 5 aliphatic rings. The Bertz CT molecular complexity index is 1610. The molecule has 0 saturated heterocycles. The number of carbonyl (C=O) groups is 2. The van der Waals surface area contributed by atoms with Gasteiger partial charge in [0, 0.05) is 24.0 Å². The van der Waals surface area contributed by atoms with Gasteiger partial charge in [0.2, 0.25) is 5.91 Å². The highest BCUT2D eigenvalue weighted by Gasteiger charge is 2.69. The lowest BCUT2D eigenvalue weighted by molar-refractivity contribution is -0.178. The fourth-order valence-corrected chi connectivity index (χ4v) is 12.0. The summed E-state index contributed by atoms with van der Waals surface area (Å²) >= 11 is 0. The van der Waals surface area contributed by atoms with E-state index in [1.807, 2.05) is 30.5 Å². The molecule has 4 fully saturated rings. The zero-order chi connectivity index (χ0) is 32.8. The maximum Gasteiger partial charge on any atom is 0.232 e. The Morgan fingerprint density at radius 3 is 2.41 bits per heavy atom. The summed E-state index contributed by atoms with van der Waals surface area (Å²) in [6, 6.07) is 9.75. The Hall–Kier alpha value is -3.08. The number of fused-ring (bicyclic) bond motifs is 7. The third-order valence-electron chi connectivity index (χ3n) is 14.6. The minimum Gasteiger partial charge on any atom is -0.310 e. The lowest BCUT2D eigenvalue weighted by Gasteiger charge is -2.70. The van der Waals surface area contributed by atoms with Crippen LogP contribution in [-0.4, -0.2) is 21.7 Å². The molecular weight excluding hydrogens is 566 g/mol. The van der Waals surface area contributed by atoms with Crippen molar-refractivity contribution < 1.29 is 9.59 Å². The number of nitrogens with zero attached hydrogens (tertiary/aromatic N) is 2. The zero-order valence-corrected chi connectivity index (χ0v) is 29.1. The summed E-state index contributed by atoms with van der Waals surface area (Å²) < 4.78 is 0. The minimum atomic E-state index is -0.411. The molecule has 0 aromatic carbocycles. The molecule has 244 valence electrons. The fraction of sp³-hybridized carbons (Fsp3) is 0.610. The maximum absolute atomic E-state index is 14.4. The fourth-order valence-electron chi connectivity index (χ4n) is 12.0. The van der Waals surface area contributed by atoms with Crippen molar-refractivity contribution in [3.05, 3.63) is 71.7 Å². The summed E-state index contributed by atoms with van der Waals surface area (Å²) in [5.41, 5.74) is 3.00. The number of carbonyl (C=O) groups excluding carboxylic acids is 2. The summed E-state index contributed by atoms with van der Waals surface area (Å²) in [7, 11) is 0. The first kappa shape index (κ1) is 31.5. The number of rotatable bonds is 3. The first-order valence-electron chi connectivity index (χ1n) is 17.7. The SMILES string of the molecule is CC1(C)CC[C@]2(C(=O)Nc3ccccn3)CC[C@]3(C)C(=CC[C@@H]4[C@@]5(C)C/C(=C/c6cccnc6)C(=O)C(C)(C)[C@@H]5CC[C@]43C)[C@H]2C1. The zero-order valence-electron chi connectivity index (χ0n) is 29.1. The van der Waals surface area contributed by atoms with Gasteiger partial charge in [-0.2, -0.15) is 0 Å². The van der Waals surface area contributed by atoms with Gasteiger partial charge < -0.3 is 5.32 Å². The number of allylic oxidation sites excluding steroid dienone is 3. The number of hydrogen-bond acceptors (Lipinski definition) is 4. The Balaban J connectivity index is 1.29. The van der Waals surface area contributed by atoms with E-state index >= 15 is 0 Å². The molecule has 5 heteroatoms. The summed E-state index contributed by atoms with van der Waals surface area (Å²) in [4.78, 5) is 37.3. The largest absolute Gasteiger partial charge is 0.310 e. The van der Waals surface area contributed by atoms with Crippen molar-refractivity contribution in [3.63, 3.8) is 0 Å². The number of nitrogens with one attached hydrogen (secondary N) is 1. The summed E-state index contributed by atoms with van der Waals surface area (Å²) in [5.74, 6) is 2.16. The molecule has 2 heterocycles. The van der Waals surface area contributed by atoms with E-state index in [2.05, 4.69) is 82.0 Å². The van der Waals surface area contributed by atoms with E-state index in [9.17, 15) is 9.59 Å². The highest BCUT2D eigenvalue weighted by atomic mass is 16.2. The van der Waals surface area contributed by atoms with Crippen LogP contribution in [0.5, 0.6) is 0 Å². The Morgan fingerprint density at radius 2 is 1.70 bits per heavy atom. The second-order valence-corrected chi connectivity index (χ2v) is 17.7. The van der Waals surface area contributed by atoms with Gasteiger partial charge >= 0.3 is 0 Å². The van der Waals surface area contributed by atoms with Crippen LogP contribution in [-0.2, 0) is 9.59 Å². The molecule has 0 radical (unpaired) electrons. The third kappa shape index (κ3) is 4.46. The third-order valence-corrected chi connectivity index (χ3v) is 14.6. The molecule has 4 saturated carbocycles. The lowest BCUT2D eigenvalue weighted by Crippen LogP contribution is -2.65. The van der Waals surface area contributed by atoms with Crippen molar-refractivity contribution in [3.8, 4) is 0 Å². The molecule has 7 atom stereocenters. The van der Waals surface area contributed by atoms with Gasteiger partial charge in [0.15, 0.2) is 5.78 Å². The van der Waals surface area contributed by atoms with E-state index in [0.29, 0.717) is 23.4 Å². The normalized spacial score (nSPS) is 40.1. The van der Waals surface area contributed by atoms with E-state index in [1.165, 1.54) is 0 Å². The predicted octanol–water partition coefficient (Wildman–Crippen LogP) is 9.48. The first-order chi connectivity index (χ1) is 21.7. The summed E-state index contributed by atoms with van der Waals surface area (Å²) in [5, 5.41) is 3.26. The Labute approximate surface area is 276 Å². The summed E-state index contributed by atoms with van der Waals surface area (Å²) in [6.45, 7) is 16.9. The molecule has 0 bridgehead atoms. The van der Waals surface area contributed by atoms with Crippen LogP contribution in [0.15, 0.2) is 66.1 Å². The number of Topliss-reactive ketones (excluding diaryl/α,β-unsaturated/α-hetero) is 1. The van der Waals surface area contributed by atoms with Crippen molar-refractivity contribution >= 4 is 23.6 Å².